The summed E-state index contributed by atoms with van der Waals surface area (Å²) >= 11 is 1.63. The van der Waals surface area contributed by atoms with E-state index < -0.39 is 5.54 Å². The molecule has 2 heterocycles. The number of rotatable bonds is 5. The van der Waals surface area contributed by atoms with E-state index in [-0.39, 0.29) is 11.9 Å². The van der Waals surface area contributed by atoms with E-state index in [1.165, 1.54) is 0 Å². The largest absolute Gasteiger partial charge is 0.342 e. The Bertz CT molecular complexity index is 500. The van der Waals surface area contributed by atoms with Gasteiger partial charge in [-0.2, -0.15) is 0 Å². The molecule has 1 amide bonds. The zero-order valence-electron chi connectivity index (χ0n) is 13.6. The highest BCUT2D eigenvalue weighted by Crippen LogP contribution is 2.32. The topological polar surface area (TPSA) is 48.5 Å². The average molecular weight is 310 g/mol. The molecule has 2 rings (SSSR count). The zero-order chi connectivity index (χ0) is 15.6. The van der Waals surface area contributed by atoms with Crippen molar-refractivity contribution in [1.29, 1.82) is 0 Å². The van der Waals surface area contributed by atoms with Crippen LogP contribution in [-0.4, -0.2) is 48.0 Å². The smallest absolute Gasteiger partial charge is 0.247 e. The fourth-order valence-corrected chi connectivity index (χ4v) is 3.70. The Balaban J connectivity index is 2.15. The summed E-state index contributed by atoms with van der Waals surface area (Å²) in [4.78, 5) is 21.1. The van der Waals surface area contributed by atoms with E-state index in [9.17, 15) is 4.79 Å². The third-order valence-electron chi connectivity index (χ3n) is 4.09. The van der Waals surface area contributed by atoms with Gasteiger partial charge in [0.25, 0.3) is 0 Å². The van der Waals surface area contributed by atoms with E-state index >= 15 is 0 Å². The summed E-state index contributed by atoms with van der Waals surface area (Å²) in [5, 5.41) is 6.50. The second kappa shape index (κ2) is 6.32. The van der Waals surface area contributed by atoms with Gasteiger partial charge in [-0.15, -0.1) is 11.3 Å². The maximum atomic E-state index is 12.4. The molecule has 0 aliphatic carbocycles. The van der Waals surface area contributed by atoms with Gasteiger partial charge in [-0.1, -0.05) is 6.92 Å². The van der Waals surface area contributed by atoms with Gasteiger partial charge in [-0.05, 0) is 33.7 Å². The Morgan fingerprint density at radius 3 is 2.86 bits per heavy atom. The minimum absolute atomic E-state index is 0.155. The van der Waals surface area contributed by atoms with Crippen LogP contribution in [0.2, 0.25) is 0 Å². The highest BCUT2D eigenvalue weighted by atomic mass is 32.1. The van der Waals surface area contributed by atoms with Crippen molar-refractivity contribution in [2.75, 3.05) is 31.6 Å². The van der Waals surface area contributed by atoms with E-state index in [2.05, 4.69) is 29.4 Å². The standard InChI is InChI=1S/C15H26N4OS/c1-6-7-16-11(2)12-10-21-14(17-12)19-9-8-18(5)13(20)15(19,3)4/h10-11,16H,6-9H2,1-5H3. The summed E-state index contributed by atoms with van der Waals surface area (Å²) in [6.07, 6.45) is 1.11. The predicted molar refractivity (Wildman–Crippen MR) is 87.9 cm³/mol. The van der Waals surface area contributed by atoms with Gasteiger partial charge in [-0.3, -0.25) is 4.79 Å². The lowest BCUT2D eigenvalue weighted by atomic mass is 9.99. The highest BCUT2D eigenvalue weighted by Gasteiger charge is 2.41. The Morgan fingerprint density at radius 2 is 2.19 bits per heavy atom. The predicted octanol–water partition coefficient (Wildman–Crippen LogP) is 2.26. The number of anilines is 1. The summed E-state index contributed by atoms with van der Waals surface area (Å²) in [6.45, 7) is 10.8. The number of likely N-dealkylation sites (N-methyl/N-ethyl adjacent to an activating group) is 1. The molecule has 5 nitrogen and oxygen atoms in total. The molecule has 1 unspecified atom stereocenters. The first kappa shape index (κ1) is 16.2. The Morgan fingerprint density at radius 1 is 1.48 bits per heavy atom. The molecule has 118 valence electrons. The van der Waals surface area contributed by atoms with Crippen LogP contribution in [0.3, 0.4) is 0 Å². The van der Waals surface area contributed by atoms with Gasteiger partial charge < -0.3 is 15.1 Å². The normalized spacial score (nSPS) is 20.0. The van der Waals surface area contributed by atoms with Crippen molar-refractivity contribution in [3.8, 4) is 0 Å². The molecule has 0 spiro atoms. The van der Waals surface area contributed by atoms with Gasteiger partial charge in [0.05, 0.1) is 5.69 Å². The fraction of sp³-hybridized carbons (Fsp3) is 0.733. The van der Waals surface area contributed by atoms with Gasteiger partial charge in [0, 0.05) is 31.6 Å². The van der Waals surface area contributed by atoms with Crippen LogP contribution in [0.1, 0.15) is 45.9 Å². The van der Waals surface area contributed by atoms with Crippen LogP contribution in [-0.2, 0) is 4.79 Å². The molecule has 0 saturated carbocycles. The number of nitrogens with one attached hydrogen (secondary N) is 1. The van der Waals surface area contributed by atoms with Gasteiger partial charge in [-0.25, -0.2) is 4.98 Å². The van der Waals surface area contributed by atoms with Crippen LogP contribution in [0.25, 0.3) is 0 Å². The minimum Gasteiger partial charge on any atom is -0.342 e. The van der Waals surface area contributed by atoms with Crippen LogP contribution in [0, 0.1) is 0 Å². The Hall–Kier alpha value is -1.14. The second-order valence-electron chi connectivity index (χ2n) is 6.17. The molecule has 1 N–H and O–H groups in total. The number of thiazole rings is 1. The maximum Gasteiger partial charge on any atom is 0.247 e. The van der Waals surface area contributed by atoms with Crippen molar-refractivity contribution >= 4 is 22.4 Å². The Kier molecular flexibility index (Phi) is 4.88. The first-order valence-corrected chi connectivity index (χ1v) is 8.48. The van der Waals surface area contributed by atoms with Crippen LogP contribution >= 0.6 is 11.3 Å². The van der Waals surface area contributed by atoms with E-state index in [1.54, 1.807) is 16.2 Å². The number of amides is 1. The lowest BCUT2D eigenvalue weighted by Gasteiger charge is -2.44. The van der Waals surface area contributed by atoms with Crippen LogP contribution in [0.5, 0.6) is 0 Å². The van der Waals surface area contributed by atoms with E-state index in [0.29, 0.717) is 0 Å². The minimum atomic E-state index is -0.526. The fourth-order valence-electron chi connectivity index (χ4n) is 2.61. The number of piperazine rings is 1. The number of nitrogens with zero attached hydrogens (tertiary/aromatic N) is 3. The molecular formula is C15H26N4OS. The molecule has 0 radical (unpaired) electrons. The molecule has 21 heavy (non-hydrogen) atoms. The molecule has 1 atom stereocenters. The summed E-state index contributed by atoms with van der Waals surface area (Å²) < 4.78 is 0. The Labute approximate surface area is 131 Å². The van der Waals surface area contributed by atoms with Gasteiger partial charge >= 0.3 is 0 Å². The maximum absolute atomic E-state index is 12.4. The molecule has 1 aliphatic heterocycles. The third kappa shape index (κ3) is 3.21. The van der Waals surface area contributed by atoms with E-state index in [0.717, 1.165) is 36.9 Å². The number of carbonyl (C=O) groups is 1. The summed E-state index contributed by atoms with van der Waals surface area (Å²) in [6, 6.07) is 0.251. The lowest BCUT2D eigenvalue weighted by molar-refractivity contribution is -0.136. The van der Waals surface area contributed by atoms with Crippen LogP contribution < -0.4 is 10.2 Å². The highest BCUT2D eigenvalue weighted by molar-refractivity contribution is 7.13. The van der Waals surface area contributed by atoms with Crippen molar-refractivity contribution in [3.05, 3.63) is 11.1 Å². The number of aromatic nitrogens is 1. The first-order valence-electron chi connectivity index (χ1n) is 7.60. The molecule has 0 bridgehead atoms. The number of hydrogen-bond donors (Lipinski definition) is 1. The van der Waals surface area contributed by atoms with E-state index in [1.807, 2.05) is 20.9 Å². The average Bonchev–Trinajstić information content (AvgIpc) is 2.91. The molecule has 1 aromatic heterocycles. The molecule has 1 aromatic rings. The van der Waals surface area contributed by atoms with Crippen LogP contribution in [0.15, 0.2) is 5.38 Å². The molecule has 1 saturated heterocycles. The first-order chi connectivity index (χ1) is 9.87. The van der Waals surface area contributed by atoms with Gasteiger partial charge in [0.1, 0.15) is 5.54 Å². The lowest BCUT2D eigenvalue weighted by Crippen LogP contribution is -2.62. The SMILES string of the molecule is CCCNC(C)c1csc(N2CCN(C)C(=O)C2(C)C)n1. The summed E-state index contributed by atoms with van der Waals surface area (Å²) in [7, 11) is 1.87. The summed E-state index contributed by atoms with van der Waals surface area (Å²) in [5.74, 6) is 0.155. The van der Waals surface area contributed by atoms with E-state index in [4.69, 9.17) is 4.98 Å². The van der Waals surface area contributed by atoms with Gasteiger partial charge in [0.2, 0.25) is 5.91 Å². The molecule has 1 fully saturated rings. The van der Waals surface area contributed by atoms with Crippen molar-refractivity contribution in [2.24, 2.45) is 0 Å². The zero-order valence-corrected chi connectivity index (χ0v) is 14.5. The van der Waals surface area contributed by atoms with Crippen molar-refractivity contribution in [1.82, 2.24) is 15.2 Å². The monoisotopic (exact) mass is 310 g/mol. The molecular weight excluding hydrogens is 284 g/mol. The van der Waals surface area contributed by atoms with Crippen LogP contribution in [0.4, 0.5) is 5.13 Å². The third-order valence-corrected chi connectivity index (χ3v) is 4.97. The second-order valence-corrected chi connectivity index (χ2v) is 7.00. The molecule has 0 aromatic carbocycles. The molecule has 1 aliphatic rings. The number of carbonyl (C=O) groups excluding carboxylic acids is 1. The van der Waals surface area contributed by atoms with Gasteiger partial charge in [0.15, 0.2) is 5.13 Å². The molecule has 6 heteroatoms. The van der Waals surface area contributed by atoms with Crippen molar-refractivity contribution in [2.45, 2.75) is 45.7 Å². The number of hydrogen-bond acceptors (Lipinski definition) is 5. The quantitative estimate of drug-likeness (QED) is 0.906. The van der Waals surface area contributed by atoms with Crippen molar-refractivity contribution in [3.63, 3.8) is 0 Å². The summed E-state index contributed by atoms with van der Waals surface area (Å²) in [5.41, 5.74) is 0.535. The van der Waals surface area contributed by atoms with Crippen molar-refractivity contribution < 1.29 is 4.79 Å².